The molecule has 0 aliphatic heterocycles. The highest BCUT2D eigenvalue weighted by molar-refractivity contribution is 7.90. The van der Waals surface area contributed by atoms with Crippen molar-refractivity contribution in [3.63, 3.8) is 0 Å². The molecular formula is C32H36N4O7S3. The quantitative estimate of drug-likeness (QED) is 0.174. The number of hydrogen-bond donors (Lipinski definition) is 2. The van der Waals surface area contributed by atoms with E-state index in [4.69, 9.17) is 0 Å². The highest BCUT2D eigenvalue weighted by Gasteiger charge is 2.30. The van der Waals surface area contributed by atoms with Crippen molar-refractivity contribution in [1.82, 2.24) is 13.7 Å². The summed E-state index contributed by atoms with van der Waals surface area (Å²) in [6.07, 6.45) is 0.0548. The lowest BCUT2D eigenvalue weighted by atomic mass is 10.1. The minimum atomic E-state index is -4.22. The Kier molecular flexibility index (Phi) is 11.2. The maximum atomic E-state index is 14.0. The second-order valence-corrected chi connectivity index (χ2v) is 16.4. The SMILES string of the molecule is Cc1ccc(S(=O)(=O)NCCN(CC(Cc2ccc(N=O)cc2)NS(=O)(=O)c2ccc(C)cc2)S(=O)(=O)c2ccc(C)cc2)cc1. The number of nitrogens with zero attached hydrogens (tertiary/aromatic N) is 2. The third-order valence-corrected chi connectivity index (χ3v) is 12.1. The fourth-order valence-corrected chi connectivity index (χ4v) is 8.38. The van der Waals surface area contributed by atoms with Crippen LogP contribution in [-0.4, -0.2) is 55.2 Å². The Morgan fingerprint density at radius 1 is 0.630 bits per heavy atom. The lowest BCUT2D eigenvalue weighted by Gasteiger charge is -2.28. The van der Waals surface area contributed by atoms with Gasteiger partial charge in [0.2, 0.25) is 30.1 Å². The zero-order valence-electron chi connectivity index (χ0n) is 25.6. The maximum absolute atomic E-state index is 14.0. The van der Waals surface area contributed by atoms with Crippen LogP contribution in [0.1, 0.15) is 22.3 Å². The zero-order chi connectivity index (χ0) is 33.5. The van der Waals surface area contributed by atoms with Crippen LogP contribution in [0, 0.1) is 25.7 Å². The van der Waals surface area contributed by atoms with Crippen LogP contribution in [0.4, 0.5) is 5.69 Å². The van der Waals surface area contributed by atoms with Crippen molar-refractivity contribution in [2.24, 2.45) is 5.18 Å². The highest BCUT2D eigenvalue weighted by Crippen LogP contribution is 2.21. The predicted octanol–water partition coefficient (Wildman–Crippen LogP) is 4.57. The number of hydrogen-bond acceptors (Lipinski definition) is 8. The molecule has 0 amide bonds. The molecular weight excluding hydrogens is 649 g/mol. The minimum absolute atomic E-state index is 0.00222. The molecule has 2 N–H and O–H groups in total. The summed E-state index contributed by atoms with van der Waals surface area (Å²) in [5.74, 6) is 0. The van der Waals surface area contributed by atoms with Gasteiger partial charge in [-0.15, -0.1) is 4.91 Å². The molecule has 0 saturated carbocycles. The molecule has 0 aliphatic carbocycles. The molecule has 1 atom stereocenters. The third kappa shape index (κ3) is 9.15. The van der Waals surface area contributed by atoms with Gasteiger partial charge in [-0.05, 0) is 86.5 Å². The summed E-state index contributed by atoms with van der Waals surface area (Å²) in [6, 6.07) is 23.8. The van der Waals surface area contributed by atoms with Crippen LogP contribution in [0.5, 0.6) is 0 Å². The number of nitrogens with one attached hydrogen (secondary N) is 2. The summed E-state index contributed by atoms with van der Waals surface area (Å²) in [7, 11) is -12.3. The monoisotopic (exact) mass is 684 g/mol. The van der Waals surface area contributed by atoms with E-state index in [-0.39, 0.29) is 46.4 Å². The lowest BCUT2D eigenvalue weighted by molar-refractivity contribution is 0.372. The van der Waals surface area contributed by atoms with Gasteiger partial charge in [0.05, 0.1) is 14.7 Å². The van der Waals surface area contributed by atoms with Crippen molar-refractivity contribution in [2.75, 3.05) is 19.6 Å². The van der Waals surface area contributed by atoms with Crippen molar-refractivity contribution in [2.45, 2.75) is 47.9 Å². The van der Waals surface area contributed by atoms with E-state index in [0.29, 0.717) is 5.56 Å². The molecule has 11 nitrogen and oxygen atoms in total. The van der Waals surface area contributed by atoms with Gasteiger partial charge in [-0.25, -0.2) is 34.7 Å². The topological polar surface area (TPSA) is 159 Å². The molecule has 14 heteroatoms. The Balaban J connectivity index is 1.67. The Hall–Kier alpha value is -3.79. The van der Waals surface area contributed by atoms with E-state index in [1.54, 1.807) is 48.5 Å². The van der Waals surface area contributed by atoms with Crippen molar-refractivity contribution in [3.8, 4) is 0 Å². The number of nitroso groups, excluding NO2 is 1. The summed E-state index contributed by atoms with van der Waals surface area (Å²) in [6.45, 7) is 4.56. The molecule has 4 rings (SSSR count). The highest BCUT2D eigenvalue weighted by atomic mass is 32.2. The summed E-state index contributed by atoms with van der Waals surface area (Å²) in [4.78, 5) is 10.9. The first-order valence-electron chi connectivity index (χ1n) is 14.3. The smallest absolute Gasteiger partial charge is 0.210 e. The molecule has 0 spiro atoms. The third-order valence-electron chi connectivity index (χ3n) is 7.24. The van der Waals surface area contributed by atoms with Gasteiger partial charge in [0, 0.05) is 25.7 Å². The number of aryl methyl sites for hydroxylation is 3. The Morgan fingerprint density at radius 3 is 1.57 bits per heavy atom. The van der Waals surface area contributed by atoms with Gasteiger partial charge in [-0.1, -0.05) is 65.2 Å². The average molecular weight is 685 g/mol. The van der Waals surface area contributed by atoms with E-state index in [2.05, 4.69) is 14.6 Å². The standard InChI is InChI=1S/C32H36N4O7S3/c1-24-4-14-30(15-5-24)44(38,39)33-20-21-36(46(42,43)32-18-8-26(3)9-19-32)23-29(22-27-10-12-28(34-37)13-11-27)35-45(40,41)31-16-6-25(2)7-17-31/h4-19,29,33,35H,20-23H2,1-3H3. The van der Waals surface area contributed by atoms with Crippen LogP contribution in [0.25, 0.3) is 0 Å². The first-order chi connectivity index (χ1) is 21.7. The van der Waals surface area contributed by atoms with Gasteiger partial charge in [0.15, 0.2) is 0 Å². The normalized spacial score (nSPS) is 13.0. The van der Waals surface area contributed by atoms with Crippen LogP contribution in [0.2, 0.25) is 0 Å². The number of benzene rings is 4. The van der Waals surface area contributed by atoms with Crippen molar-refractivity contribution < 1.29 is 25.3 Å². The minimum Gasteiger partial charge on any atom is -0.210 e. The zero-order valence-corrected chi connectivity index (χ0v) is 28.1. The number of rotatable bonds is 15. The van der Waals surface area contributed by atoms with Gasteiger partial charge in [0.25, 0.3) is 0 Å². The van der Waals surface area contributed by atoms with Crippen molar-refractivity contribution in [3.05, 3.63) is 124 Å². The molecule has 244 valence electrons. The summed E-state index contributed by atoms with van der Waals surface area (Å²) < 4.78 is 87.0. The summed E-state index contributed by atoms with van der Waals surface area (Å²) in [5, 5.41) is 2.89. The van der Waals surface area contributed by atoms with Crippen LogP contribution in [0.15, 0.2) is 117 Å². The Morgan fingerprint density at radius 2 is 1.09 bits per heavy atom. The van der Waals surface area contributed by atoms with E-state index in [1.165, 1.54) is 48.5 Å². The second kappa shape index (κ2) is 14.8. The fraction of sp³-hybridized carbons (Fsp3) is 0.250. The molecule has 1 unspecified atom stereocenters. The van der Waals surface area contributed by atoms with E-state index in [9.17, 15) is 30.2 Å². The van der Waals surface area contributed by atoms with Gasteiger partial charge in [-0.2, -0.15) is 4.31 Å². The molecule has 4 aromatic rings. The summed E-state index contributed by atoms with van der Waals surface area (Å²) >= 11 is 0. The van der Waals surface area contributed by atoms with Crippen LogP contribution in [-0.2, 0) is 36.5 Å². The van der Waals surface area contributed by atoms with Gasteiger partial charge in [-0.3, -0.25) is 0 Å². The molecule has 0 aliphatic rings. The molecule has 0 aromatic heterocycles. The Bertz CT molecular complexity index is 1960. The first kappa shape index (κ1) is 35.1. The molecule has 0 bridgehead atoms. The molecule has 0 radical (unpaired) electrons. The molecule has 0 fully saturated rings. The first-order valence-corrected chi connectivity index (χ1v) is 18.7. The van der Waals surface area contributed by atoms with Crippen LogP contribution < -0.4 is 9.44 Å². The number of sulfonamides is 3. The fourth-order valence-electron chi connectivity index (χ4n) is 4.65. The van der Waals surface area contributed by atoms with Crippen molar-refractivity contribution >= 4 is 35.8 Å². The van der Waals surface area contributed by atoms with E-state index < -0.39 is 36.1 Å². The van der Waals surface area contributed by atoms with E-state index in [0.717, 1.165) is 21.0 Å². The molecule has 0 saturated heterocycles. The largest absolute Gasteiger partial charge is 0.243 e. The molecule has 46 heavy (non-hydrogen) atoms. The van der Waals surface area contributed by atoms with E-state index >= 15 is 0 Å². The van der Waals surface area contributed by atoms with Crippen LogP contribution in [0.3, 0.4) is 0 Å². The van der Waals surface area contributed by atoms with Gasteiger partial charge in [0.1, 0.15) is 5.69 Å². The average Bonchev–Trinajstić information content (AvgIpc) is 3.01. The maximum Gasteiger partial charge on any atom is 0.243 e. The second-order valence-electron chi connectivity index (χ2n) is 11.0. The predicted molar refractivity (Wildman–Crippen MR) is 177 cm³/mol. The van der Waals surface area contributed by atoms with Gasteiger partial charge < -0.3 is 0 Å². The van der Waals surface area contributed by atoms with E-state index in [1.807, 2.05) is 20.8 Å². The molecule has 0 heterocycles. The van der Waals surface area contributed by atoms with Gasteiger partial charge >= 0.3 is 0 Å². The van der Waals surface area contributed by atoms with Crippen LogP contribution >= 0.6 is 0 Å². The molecule has 4 aromatic carbocycles. The lowest BCUT2D eigenvalue weighted by Crippen LogP contribution is -2.48. The van der Waals surface area contributed by atoms with Crippen molar-refractivity contribution in [1.29, 1.82) is 0 Å². The Labute approximate surface area is 270 Å². The summed E-state index contributed by atoms with van der Waals surface area (Å²) in [5.41, 5.74) is 3.39.